The summed E-state index contributed by atoms with van der Waals surface area (Å²) in [6.07, 6.45) is 11.5. The number of ether oxygens (including phenoxy) is 2. The molecule has 2 rings (SSSR count). The molecule has 0 unspecified atom stereocenters. The summed E-state index contributed by atoms with van der Waals surface area (Å²) in [6, 6.07) is 0. The SMILES string of the molecule is O=S(=O)(CCOCC1CCCCC1)CCOCC1CCCC1. The molecule has 0 saturated heterocycles. The van der Waals surface area contributed by atoms with Gasteiger partial charge in [-0.2, -0.15) is 0 Å². The number of hydrogen-bond donors (Lipinski definition) is 0. The van der Waals surface area contributed by atoms with E-state index < -0.39 is 9.84 Å². The molecular formula is C17H32O4S. The van der Waals surface area contributed by atoms with Crippen molar-refractivity contribution in [1.82, 2.24) is 0 Å². The molecule has 2 saturated carbocycles. The highest BCUT2D eigenvalue weighted by atomic mass is 32.2. The van der Waals surface area contributed by atoms with Gasteiger partial charge in [0.05, 0.1) is 24.7 Å². The first-order chi connectivity index (χ1) is 10.7. The molecule has 0 aromatic rings. The number of sulfone groups is 1. The van der Waals surface area contributed by atoms with Crippen molar-refractivity contribution < 1.29 is 17.9 Å². The van der Waals surface area contributed by atoms with Crippen LogP contribution in [0.4, 0.5) is 0 Å². The fraction of sp³-hybridized carbons (Fsp3) is 1.00. The van der Waals surface area contributed by atoms with E-state index in [1.165, 1.54) is 57.8 Å². The minimum absolute atomic E-state index is 0.131. The maximum absolute atomic E-state index is 11.9. The number of rotatable bonds is 10. The first-order valence-corrected chi connectivity index (χ1v) is 10.8. The second-order valence-electron chi connectivity index (χ2n) is 6.96. The van der Waals surface area contributed by atoms with Crippen molar-refractivity contribution in [3.63, 3.8) is 0 Å². The van der Waals surface area contributed by atoms with E-state index in [4.69, 9.17) is 9.47 Å². The van der Waals surface area contributed by atoms with Gasteiger partial charge in [-0.3, -0.25) is 0 Å². The highest BCUT2D eigenvalue weighted by Crippen LogP contribution is 2.25. The van der Waals surface area contributed by atoms with Crippen molar-refractivity contribution in [2.45, 2.75) is 57.8 Å². The Bertz CT molecular complexity index is 381. The zero-order chi connectivity index (χ0) is 15.7. The molecular weight excluding hydrogens is 300 g/mol. The van der Waals surface area contributed by atoms with Gasteiger partial charge >= 0.3 is 0 Å². The van der Waals surface area contributed by atoms with Gasteiger partial charge in [0.15, 0.2) is 9.84 Å². The second-order valence-corrected chi connectivity index (χ2v) is 9.26. The molecule has 0 aromatic carbocycles. The second kappa shape index (κ2) is 9.89. The molecule has 0 aliphatic heterocycles. The minimum Gasteiger partial charge on any atom is -0.380 e. The summed E-state index contributed by atoms with van der Waals surface area (Å²) in [7, 11) is -3.03. The first-order valence-electron chi connectivity index (χ1n) is 9.01. The maximum atomic E-state index is 11.9. The normalized spacial score (nSPS) is 21.5. The van der Waals surface area contributed by atoms with Crippen LogP contribution in [0.3, 0.4) is 0 Å². The van der Waals surface area contributed by atoms with Crippen LogP contribution in [0.1, 0.15) is 57.8 Å². The van der Waals surface area contributed by atoms with Crippen molar-refractivity contribution >= 4 is 9.84 Å². The molecule has 0 aromatic heterocycles. The third-order valence-electron chi connectivity index (χ3n) is 4.98. The van der Waals surface area contributed by atoms with E-state index in [1.54, 1.807) is 0 Å². The Morgan fingerprint density at radius 2 is 1.09 bits per heavy atom. The predicted molar refractivity (Wildman–Crippen MR) is 88.8 cm³/mol. The van der Waals surface area contributed by atoms with Gasteiger partial charge in [0.2, 0.25) is 0 Å². The average Bonchev–Trinajstić information content (AvgIpc) is 3.03. The van der Waals surface area contributed by atoms with E-state index in [2.05, 4.69) is 0 Å². The molecule has 0 bridgehead atoms. The highest BCUT2D eigenvalue weighted by Gasteiger charge is 2.17. The Labute approximate surface area is 135 Å². The van der Waals surface area contributed by atoms with E-state index in [0.29, 0.717) is 25.0 Å². The molecule has 4 nitrogen and oxygen atoms in total. The van der Waals surface area contributed by atoms with Crippen molar-refractivity contribution in [3.05, 3.63) is 0 Å². The lowest BCUT2D eigenvalue weighted by Gasteiger charge is -2.21. The lowest BCUT2D eigenvalue weighted by Crippen LogP contribution is -2.21. The molecule has 2 aliphatic carbocycles. The molecule has 0 spiro atoms. The van der Waals surface area contributed by atoms with Crippen LogP contribution >= 0.6 is 0 Å². The Morgan fingerprint density at radius 1 is 0.682 bits per heavy atom. The highest BCUT2D eigenvalue weighted by molar-refractivity contribution is 7.91. The number of hydrogen-bond acceptors (Lipinski definition) is 4. The van der Waals surface area contributed by atoms with Crippen LogP contribution in [-0.4, -0.2) is 46.4 Å². The molecule has 130 valence electrons. The van der Waals surface area contributed by atoms with Crippen LogP contribution in [0.15, 0.2) is 0 Å². The third-order valence-corrected chi connectivity index (χ3v) is 6.56. The van der Waals surface area contributed by atoms with Crippen molar-refractivity contribution in [2.75, 3.05) is 37.9 Å². The van der Waals surface area contributed by atoms with Crippen molar-refractivity contribution in [2.24, 2.45) is 11.8 Å². The van der Waals surface area contributed by atoms with E-state index >= 15 is 0 Å². The zero-order valence-electron chi connectivity index (χ0n) is 13.8. The summed E-state index contributed by atoms with van der Waals surface area (Å²) in [5.41, 5.74) is 0. The Kier molecular flexibility index (Phi) is 8.18. The molecule has 0 N–H and O–H groups in total. The van der Waals surface area contributed by atoms with E-state index in [-0.39, 0.29) is 11.5 Å². The van der Waals surface area contributed by atoms with Gasteiger partial charge in [-0.05, 0) is 37.5 Å². The third kappa shape index (κ3) is 7.42. The van der Waals surface area contributed by atoms with E-state index in [1.807, 2.05) is 0 Å². The minimum atomic E-state index is -3.03. The van der Waals surface area contributed by atoms with Crippen LogP contribution in [0.25, 0.3) is 0 Å². The standard InChI is InChI=1S/C17H32O4S/c18-22(19,13-11-21-15-17-8-4-5-9-17)12-10-20-14-16-6-2-1-3-7-16/h16-17H,1-15H2. The molecule has 0 heterocycles. The molecule has 2 aliphatic rings. The summed E-state index contributed by atoms with van der Waals surface area (Å²) < 4.78 is 34.9. The van der Waals surface area contributed by atoms with Gasteiger partial charge in [0.1, 0.15) is 0 Å². The van der Waals surface area contributed by atoms with Gasteiger partial charge in [-0.25, -0.2) is 8.42 Å². The fourth-order valence-corrected chi connectivity index (χ4v) is 4.45. The molecule has 0 atom stereocenters. The predicted octanol–water partition coefficient (Wildman–Crippen LogP) is 3.20. The Morgan fingerprint density at radius 3 is 1.55 bits per heavy atom. The molecule has 0 amide bonds. The summed E-state index contributed by atoms with van der Waals surface area (Å²) in [6.45, 7) is 2.13. The van der Waals surface area contributed by atoms with Crippen LogP contribution in [0.5, 0.6) is 0 Å². The van der Waals surface area contributed by atoms with Crippen LogP contribution in [0, 0.1) is 11.8 Å². The zero-order valence-corrected chi connectivity index (χ0v) is 14.6. The maximum Gasteiger partial charge on any atom is 0.154 e. The van der Waals surface area contributed by atoms with E-state index in [9.17, 15) is 8.42 Å². The first kappa shape index (κ1) is 18.2. The summed E-state index contributed by atoms with van der Waals surface area (Å²) in [5, 5.41) is 0. The molecule has 0 radical (unpaired) electrons. The van der Waals surface area contributed by atoms with Crippen molar-refractivity contribution in [3.8, 4) is 0 Å². The lowest BCUT2D eigenvalue weighted by atomic mass is 9.90. The van der Waals surface area contributed by atoms with Crippen LogP contribution < -0.4 is 0 Å². The largest absolute Gasteiger partial charge is 0.380 e. The fourth-order valence-electron chi connectivity index (χ4n) is 3.50. The Hall–Kier alpha value is -0.130. The van der Waals surface area contributed by atoms with Crippen LogP contribution in [0.2, 0.25) is 0 Å². The summed E-state index contributed by atoms with van der Waals surface area (Å²) >= 11 is 0. The molecule has 22 heavy (non-hydrogen) atoms. The van der Waals surface area contributed by atoms with Gasteiger partial charge < -0.3 is 9.47 Å². The van der Waals surface area contributed by atoms with Gasteiger partial charge in [0, 0.05) is 13.2 Å². The topological polar surface area (TPSA) is 52.6 Å². The van der Waals surface area contributed by atoms with E-state index in [0.717, 1.165) is 13.2 Å². The van der Waals surface area contributed by atoms with Gasteiger partial charge in [-0.15, -0.1) is 0 Å². The summed E-state index contributed by atoms with van der Waals surface area (Å²) in [4.78, 5) is 0. The molecule has 5 heteroatoms. The lowest BCUT2D eigenvalue weighted by molar-refractivity contribution is 0.0955. The Balaban J connectivity index is 1.48. The van der Waals surface area contributed by atoms with Crippen LogP contribution in [-0.2, 0) is 19.3 Å². The van der Waals surface area contributed by atoms with Gasteiger partial charge in [-0.1, -0.05) is 32.1 Å². The average molecular weight is 333 g/mol. The van der Waals surface area contributed by atoms with Gasteiger partial charge in [0.25, 0.3) is 0 Å². The quantitative estimate of drug-likeness (QED) is 0.577. The molecule has 2 fully saturated rings. The monoisotopic (exact) mass is 332 g/mol. The smallest absolute Gasteiger partial charge is 0.154 e. The van der Waals surface area contributed by atoms with Crippen molar-refractivity contribution in [1.29, 1.82) is 0 Å². The summed E-state index contributed by atoms with van der Waals surface area (Å²) in [5.74, 6) is 1.56.